The van der Waals surface area contributed by atoms with E-state index in [9.17, 15) is 24.6 Å². The standard InChI is InChI=1S/C19H21FN2O4.C6H14N2O2/c1-10-2-3-12-16-13(18(24)14(19(25)26)9-22(10)16)8-15(20)17(12)21-6-4-11(23)5-7-21;7-4-2-1-3-5(8)6(9)10/h8-11,23H,2-7H2,1H3,(H,25,26);5H,1-4,7-8H2,(H,9,10)/t;5-/m.0/s1. The van der Waals surface area contributed by atoms with Gasteiger partial charge in [0.2, 0.25) is 5.43 Å². The molecule has 0 bridgehead atoms. The average Bonchev–Trinajstić information content (AvgIpc) is 2.83. The largest absolute Gasteiger partial charge is 0.480 e. The van der Waals surface area contributed by atoms with Gasteiger partial charge in [0, 0.05) is 36.3 Å². The number of aliphatic hydroxyl groups is 1. The molecule has 4 rings (SSSR count). The smallest absolute Gasteiger partial charge is 0.341 e. The number of anilines is 1. The van der Waals surface area contributed by atoms with Crippen LogP contribution >= 0.6 is 0 Å². The summed E-state index contributed by atoms with van der Waals surface area (Å²) < 4.78 is 16.8. The number of hydrogen-bond donors (Lipinski definition) is 5. The highest BCUT2D eigenvalue weighted by atomic mass is 19.1. The van der Waals surface area contributed by atoms with Gasteiger partial charge in [-0.2, -0.15) is 0 Å². The van der Waals surface area contributed by atoms with Crippen LogP contribution in [0.4, 0.5) is 10.1 Å². The number of aliphatic hydroxyl groups excluding tert-OH is 1. The maximum absolute atomic E-state index is 15.0. The molecule has 7 N–H and O–H groups in total. The van der Waals surface area contributed by atoms with Gasteiger partial charge < -0.3 is 36.3 Å². The van der Waals surface area contributed by atoms with Crippen LogP contribution in [0.25, 0.3) is 10.9 Å². The second kappa shape index (κ2) is 11.8. The van der Waals surface area contributed by atoms with E-state index in [-0.39, 0.29) is 23.1 Å². The fourth-order valence-corrected chi connectivity index (χ4v) is 4.85. The topological polar surface area (TPSA) is 172 Å². The first-order valence-corrected chi connectivity index (χ1v) is 12.3. The fraction of sp³-hybridized carbons (Fsp3) is 0.560. The van der Waals surface area contributed by atoms with Crippen molar-refractivity contribution in [3.05, 3.63) is 39.4 Å². The van der Waals surface area contributed by atoms with Gasteiger partial charge in [0.15, 0.2) is 0 Å². The highest BCUT2D eigenvalue weighted by Gasteiger charge is 2.30. The Kier molecular flexibility index (Phi) is 9.04. The molecule has 2 aliphatic rings. The van der Waals surface area contributed by atoms with E-state index in [4.69, 9.17) is 16.6 Å². The molecule has 2 atom stereocenters. The molecule has 0 saturated carbocycles. The molecule has 198 valence electrons. The van der Waals surface area contributed by atoms with Gasteiger partial charge in [-0.05, 0) is 58.1 Å². The summed E-state index contributed by atoms with van der Waals surface area (Å²) in [6.45, 7) is 3.69. The Bertz CT molecular complexity index is 1180. The molecule has 2 aromatic rings. The molecule has 1 saturated heterocycles. The summed E-state index contributed by atoms with van der Waals surface area (Å²) in [5, 5.41) is 27.5. The van der Waals surface area contributed by atoms with E-state index in [0.717, 1.165) is 24.8 Å². The van der Waals surface area contributed by atoms with Crippen LogP contribution < -0.4 is 21.8 Å². The number of aromatic carboxylic acids is 1. The second-order valence-electron chi connectivity index (χ2n) is 9.50. The van der Waals surface area contributed by atoms with Gasteiger partial charge >= 0.3 is 11.9 Å². The van der Waals surface area contributed by atoms with Crippen molar-refractivity contribution in [2.24, 2.45) is 11.5 Å². The van der Waals surface area contributed by atoms with Crippen molar-refractivity contribution >= 4 is 28.5 Å². The summed E-state index contributed by atoms with van der Waals surface area (Å²) in [6, 6.07) is 0.499. The van der Waals surface area contributed by atoms with Crippen LogP contribution in [0.5, 0.6) is 0 Å². The van der Waals surface area contributed by atoms with Crippen LogP contribution in [0.1, 0.15) is 67.4 Å². The minimum Gasteiger partial charge on any atom is -0.480 e. The van der Waals surface area contributed by atoms with E-state index >= 15 is 4.39 Å². The molecule has 1 unspecified atom stereocenters. The molecule has 1 aromatic carbocycles. The first-order chi connectivity index (χ1) is 17.1. The summed E-state index contributed by atoms with van der Waals surface area (Å²) in [5.74, 6) is -2.73. The number of nitrogens with two attached hydrogens (primary N) is 2. The minimum atomic E-state index is -1.30. The number of carboxylic acids is 2. The highest BCUT2D eigenvalue weighted by Crippen LogP contribution is 2.38. The number of halogens is 1. The molecule has 36 heavy (non-hydrogen) atoms. The molecule has 10 nitrogen and oxygen atoms in total. The third-order valence-corrected chi connectivity index (χ3v) is 6.92. The number of nitrogens with zero attached hydrogens (tertiary/aromatic N) is 2. The predicted molar refractivity (Wildman–Crippen MR) is 134 cm³/mol. The molecular formula is C25H35FN4O6. The van der Waals surface area contributed by atoms with Crippen LogP contribution in [-0.2, 0) is 11.2 Å². The number of carbonyl (C=O) groups is 2. The van der Waals surface area contributed by atoms with Crippen LogP contribution in [0.15, 0.2) is 17.1 Å². The number of carboxylic acid groups (broad SMARTS) is 2. The second-order valence-corrected chi connectivity index (χ2v) is 9.50. The molecule has 0 spiro atoms. The normalized spacial score (nSPS) is 18.5. The lowest BCUT2D eigenvalue weighted by atomic mass is 9.93. The Balaban J connectivity index is 0.000000308. The number of aromatic nitrogens is 1. The monoisotopic (exact) mass is 506 g/mol. The van der Waals surface area contributed by atoms with Gasteiger partial charge in [-0.25, -0.2) is 9.18 Å². The number of benzene rings is 1. The minimum absolute atomic E-state index is 0.0326. The third kappa shape index (κ3) is 5.85. The van der Waals surface area contributed by atoms with Crippen LogP contribution in [0.3, 0.4) is 0 Å². The summed E-state index contributed by atoms with van der Waals surface area (Å²) >= 11 is 0. The predicted octanol–water partition coefficient (Wildman–Crippen LogP) is 1.83. The molecule has 0 radical (unpaired) electrons. The van der Waals surface area contributed by atoms with Crippen molar-refractivity contribution in [3.8, 4) is 0 Å². The summed E-state index contributed by atoms with van der Waals surface area (Å²) in [7, 11) is 0. The third-order valence-electron chi connectivity index (χ3n) is 6.92. The molecule has 0 aliphatic carbocycles. The lowest BCUT2D eigenvalue weighted by Crippen LogP contribution is -2.37. The molecule has 3 heterocycles. The molecule has 1 aromatic heterocycles. The zero-order valence-electron chi connectivity index (χ0n) is 20.5. The van der Waals surface area contributed by atoms with Crippen LogP contribution in [0.2, 0.25) is 0 Å². The first kappa shape index (κ1) is 27.6. The summed E-state index contributed by atoms with van der Waals surface area (Å²) in [5.41, 5.74) is 11.4. The number of unbranched alkanes of at least 4 members (excludes halogenated alkanes) is 1. The van der Waals surface area contributed by atoms with E-state index in [0.29, 0.717) is 56.5 Å². The van der Waals surface area contributed by atoms with Crippen LogP contribution in [0, 0.1) is 5.82 Å². The number of aryl methyl sites for hydroxylation is 1. The maximum atomic E-state index is 15.0. The van der Waals surface area contributed by atoms with Gasteiger partial charge in [-0.3, -0.25) is 9.59 Å². The van der Waals surface area contributed by atoms with Gasteiger partial charge in [0.1, 0.15) is 17.4 Å². The lowest BCUT2D eigenvalue weighted by molar-refractivity contribution is -0.138. The van der Waals surface area contributed by atoms with E-state index in [1.54, 1.807) is 4.57 Å². The van der Waals surface area contributed by atoms with Crippen molar-refractivity contribution in [2.75, 3.05) is 24.5 Å². The molecule has 1 fully saturated rings. The van der Waals surface area contributed by atoms with Gasteiger partial charge in [-0.1, -0.05) is 6.42 Å². The Morgan fingerprint density at radius 1 is 1.19 bits per heavy atom. The van der Waals surface area contributed by atoms with E-state index < -0.39 is 29.2 Å². The lowest BCUT2D eigenvalue weighted by Gasteiger charge is -2.36. The maximum Gasteiger partial charge on any atom is 0.341 e. The number of piperidine rings is 1. The molecule has 2 aliphatic heterocycles. The van der Waals surface area contributed by atoms with Gasteiger partial charge in [0.05, 0.1) is 17.3 Å². The Hall–Kier alpha value is -3.02. The molecular weight excluding hydrogens is 471 g/mol. The first-order valence-electron chi connectivity index (χ1n) is 12.3. The van der Waals surface area contributed by atoms with Crippen LogP contribution in [-0.4, -0.2) is 63.6 Å². The van der Waals surface area contributed by atoms with Crippen molar-refractivity contribution in [3.63, 3.8) is 0 Å². The Morgan fingerprint density at radius 3 is 2.44 bits per heavy atom. The zero-order valence-corrected chi connectivity index (χ0v) is 20.5. The number of hydrogen-bond acceptors (Lipinski definition) is 7. The van der Waals surface area contributed by atoms with Crippen molar-refractivity contribution < 1.29 is 29.3 Å². The average molecular weight is 507 g/mol. The van der Waals surface area contributed by atoms with E-state index in [1.807, 2.05) is 11.8 Å². The number of aliphatic carboxylic acids is 1. The van der Waals surface area contributed by atoms with Crippen molar-refractivity contribution in [1.29, 1.82) is 0 Å². The number of rotatable bonds is 7. The van der Waals surface area contributed by atoms with Crippen molar-refractivity contribution in [2.45, 2.75) is 70.1 Å². The quantitative estimate of drug-likeness (QED) is 0.351. The Morgan fingerprint density at radius 2 is 1.86 bits per heavy atom. The number of pyridine rings is 1. The van der Waals surface area contributed by atoms with Gasteiger partial charge in [-0.15, -0.1) is 0 Å². The van der Waals surface area contributed by atoms with E-state index in [2.05, 4.69) is 0 Å². The molecule has 0 amide bonds. The fourth-order valence-electron chi connectivity index (χ4n) is 4.85. The van der Waals surface area contributed by atoms with Crippen molar-refractivity contribution in [1.82, 2.24) is 4.57 Å². The summed E-state index contributed by atoms with van der Waals surface area (Å²) in [4.78, 5) is 36.1. The summed E-state index contributed by atoms with van der Waals surface area (Å²) in [6.07, 6.45) is 5.74. The highest BCUT2D eigenvalue weighted by molar-refractivity contribution is 5.95. The zero-order chi connectivity index (χ0) is 26.6. The SMILES string of the molecule is CC1CCc2c(N3CCC(O)CC3)c(F)cc3c(=O)c(C(=O)O)cn1c23.NCCCC[C@H](N)C(=O)O. The Labute approximate surface area is 208 Å². The molecule has 11 heteroatoms. The van der Waals surface area contributed by atoms with E-state index in [1.165, 1.54) is 12.3 Å². The van der Waals surface area contributed by atoms with Gasteiger partial charge in [0.25, 0.3) is 0 Å².